The van der Waals surface area contributed by atoms with Crippen LogP contribution in [0.2, 0.25) is 0 Å². The molecule has 0 aromatic heterocycles. The zero-order chi connectivity index (χ0) is 13.7. The Bertz CT molecular complexity index is 464. The average Bonchev–Trinajstić information content (AvgIpc) is 2.31. The van der Waals surface area contributed by atoms with Gasteiger partial charge in [-0.3, -0.25) is 4.79 Å². The Kier molecular flexibility index (Phi) is 5.11. The second-order valence-electron chi connectivity index (χ2n) is 3.62. The molecule has 7 heteroatoms. The number of aliphatic carboxylic acids is 1. The van der Waals surface area contributed by atoms with Crippen molar-refractivity contribution in [1.29, 1.82) is 0 Å². The van der Waals surface area contributed by atoms with Crippen LogP contribution < -0.4 is 11.1 Å². The van der Waals surface area contributed by atoms with Crippen molar-refractivity contribution in [2.75, 3.05) is 12.3 Å². The first-order valence-electron chi connectivity index (χ1n) is 5.15. The van der Waals surface area contributed by atoms with Gasteiger partial charge in [0, 0.05) is 23.2 Å². The molecule has 0 saturated carbocycles. The van der Waals surface area contributed by atoms with Gasteiger partial charge in [0.15, 0.2) is 0 Å². The molecule has 0 unspecified atom stereocenters. The lowest BCUT2D eigenvalue weighted by Gasteiger charge is -2.14. The number of benzene rings is 1. The Hall–Kier alpha value is -1.60. The number of halogens is 1. The second-order valence-corrected chi connectivity index (χ2v) is 4.47. The van der Waals surface area contributed by atoms with Gasteiger partial charge in [0.05, 0.1) is 5.56 Å². The van der Waals surface area contributed by atoms with Crippen LogP contribution in [0.15, 0.2) is 22.7 Å². The van der Waals surface area contributed by atoms with E-state index >= 15 is 0 Å². The fourth-order valence-electron chi connectivity index (χ4n) is 1.34. The van der Waals surface area contributed by atoms with E-state index in [1.807, 2.05) is 0 Å². The molecule has 0 saturated heterocycles. The lowest BCUT2D eigenvalue weighted by molar-refractivity contribution is -0.139. The number of carboxylic acids is 1. The standard InChI is InChI=1S/C11H13BrN2O4/c12-8-2-1-6(13)5-7(8)10(16)14-9(3-4-15)11(17)18/h1-2,5,9,15H,3-4,13H2,(H,14,16)(H,17,18)/t9-/m1/s1. The predicted molar refractivity (Wildman–Crippen MR) is 69.1 cm³/mol. The fourth-order valence-corrected chi connectivity index (χ4v) is 1.77. The first kappa shape index (κ1) is 14.5. The highest BCUT2D eigenvalue weighted by Crippen LogP contribution is 2.19. The molecule has 0 aliphatic rings. The van der Waals surface area contributed by atoms with E-state index in [1.165, 1.54) is 6.07 Å². The Morgan fingerprint density at radius 3 is 2.67 bits per heavy atom. The Morgan fingerprint density at radius 2 is 2.11 bits per heavy atom. The van der Waals surface area contributed by atoms with Crippen molar-refractivity contribution in [3.8, 4) is 0 Å². The summed E-state index contributed by atoms with van der Waals surface area (Å²) in [5.74, 6) is -1.76. The molecule has 1 rings (SSSR count). The van der Waals surface area contributed by atoms with Crippen molar-refractivity contribution in [3.05, 3.63) is 28.2 Å². The van der Waals surface area contributed by atoms with E-state index in [4.69, 9.17) is 15.9 Å². The maximum Gasteiger partial charge on any atom is 0.326 e. The van der Waals surface area contributed by atoms with Crippen LogP contribution in [0.25, 0.3) is 0 Å². The average molecular weight is 317 g/mol. The summed E-state index contributed by atoms with van der Waals surface area (Å²) in [5, 5.41) is 19.9. The van der Waals surface area contributed by atoms with Crippen LogP contribution in [0.1, 0.15) is 16.8 Å². The first-order chi connectivity index (χ1) is 8.45. The molecule has 0 heterocycles. The van der Waals surface area contributed by atoms with Crippen molar-refractivity contribution in [2.24, 2.45) is 0 Å². The number of amides is 1. The third-order valence-corrected chi connectivity index (χ3v) is 2.95. The summed E-state index contributed by atoms with van der Waals surface area (Å²) in [6.07, 6.45) is -0.0546. The summed E-state index contributed by atoms with van der Waals surface area (Å²) >= 11 is 3.18. The molecule has 1 atom stereocenters. The molecule has 98 valence electrons. The molecule has 5 N–H and O–H groups in total. The molecule has 1 aromatic carbocycles. The highest BCUT2D eigenvalue weighted by atomic mass is 79.9. The number of nitrogens with two attached hydrogens (primary N) is 1. The number of hydrogen-bond acceptors (Lipinski definition) is 4. The van der Waals surface area contributed by atoms with Crippen molar-refractivity contribution >= 4 is 33.5 Å². The minimum Gasteiger partial charge on any atom is -0.480 e. The van der Waals surface area contributed by atoms with Gasteiger partial charge in [-0.05, 0) is 34.1 Å². The lowest BCUT2D eigenvalue weighted by Crippen LogP contribution is -2.41. The topological polar surface area (TPSA) is 113 Å². The first-order valence-corrected chi connectivity index (χ1v) is 5.94. The van der Waals surface area contributed by atoms with Crippen LogP contribution in [-0.4, -0.2) is 34.7 Å². The normalized spacial score (nSPS) is 11.9. The van der Waals surface area contributed by atoms with E-state index in [9.17, 15) is 9.59 Å². The smallest absolute Gasteiger partial charge is 0.326 e. The molecule has 0 spiro atoms. The monoisotopic (exact) mass is 316 g/mol. The molecule has 6 nitrogen and oxygen atoms in total. The van der Waals surface area contributed by atoms with Crippen LogP contribution in [0.4, 0.5) is 5.69 Å². The number of nitrogen functional groups attached to an aromatic ring is 1. The molecule has 1 amide bonds. The van der Waals surface area contributed by atoms with Gasteiger partial charge in [0.2, 0.25) is 0 Å². The third kappa shape index (κ3) is 3.71. The predicted octanol–water partition coefficient (Wildman–Crippen LogP) is 0.597. The number of carbonyl (C=O) groups excluding carboxylic acids is 1. The van der Waals surface area contributed by atoms with Crippen LogP contribution in [0.5, 0.6) is 0 Å². The maximum absolute atomic E-state index is 11.9. The molecule has 1 aromatic rings. The van der Waals surface area contributed by atoms with Gasteiger partial charge < -0.3 is 21.3 Å². The van der Waals surface area contributed by atoms with Crippen molar-refractivity contribution in [2.45, 2.75) is 12.5 Å². The van der Waals surface area contributed by atoms with Crippen molar-refractivity contribution < 1.29 is 19.8 Å². The minimum absolute atomic E-state index is 0.0546. The summed E-state index contributed by atoms with van der Waals surface area (Å²) in [7, 11) is 0. The molecular formula is C11H13BrN2O4. The number of aliphatic hydroxyl groups is 1. The largest absolute Gasteiger partial charge is 0.480 e. The summed E-state index contributed by atoms with van der Waals surface area (Å²) in [6, 6.07) is 3.53. The summed E-state index contributed by atoms with van der Waals surface area (Å²) < 4.78 is 0.516. The molecule has 0 aliphatic carbocycles. The Labute approximate surface area is 112 Å². The van der Waals surface area contributed by atoms with Gasteiger partial charge in [0.25, 0.3) is 5.91 Å². The number of rotatable bonds is 5. The number of carbonyl (C=O) groups is 2. The molecule has 0 fully saturated rings. The zero-order valence-corrected chi connectivity index (χ0v) is 11.0. The highest BCUT2D eigenvalue weighted by Gasteiger charge is 2.21. The third-order valence-electron chi connectivity index (χ3n) is 2.26. The van der Waals surface area contributed by atoms with Gasteiger partial charge in [-0.1, -0.05) is 0 Å². The lowest BCUT2D eigenvalue weighted by atomic mass is 10.1. The second kappa shape index (κ2) is 6.36. The number of carboxylic acid groups (broad SMARTS) is 1. The van der Waals surface area contributed by atoms with Gasteiger partial charge >= 0.3 is 5.97 Å². The number of aliphatic hydroxyl groups excluding tert-OH is 1. The van der Waals surface area contributed by atoms with Gasteiger partial charge in [-0.25, -0.2) is 4.79 Å². The van der Waals surface area contributed by atoms with E-state index in [-0.39, 0.29) is 18.6 Å². The maximum atomic E-state index is 11.9. The van der Waals surface area contributed by atoms with E-state index in [2.05, 4.69) is 21.2 Å². The van der Waals surface area contributed by atoms with E-state index in [1.54, 1.807) is 12.1 Å². The Balaban J connectivity index is 2.86. The summed E-state index contributed by atoms with van der Waals surface area (Å²) in [5.41, 5.74) is 6.21. The zero-order valence-electron chi connectivity index (χ0n) is 9.39. The fraction of sp³-hybridized carbons (Fsp3) is 0.273. The molecular weight excluding hydrogens is 304 g/mol. The van der Waals surface area contributed by atoms with Gasteiger partial charge in [0.1, 0.15) is 6.04 Å². The van der Waals surface area contributed by atoms with Crippen LogP contribution in [-0.2, 0) is 4.79 Å². The number of anilines is 1. The molecule has 18 heavy (non-hydrogen) atoms. The SMILES string of the molecule is Nc1ccc(Br)c(C(=O)N[C@H](CCO)C(=O)O)c1. The van der Waals surface area contributed by atoms with E-state index < -0.39 is 17.9 Å². The van der Waals surface area contributed by atoms with Crippen LogP contribution in [0.3, 0.4) is 0 Å². The molecule has 0 radical (unpaired) electrons. The van der Waals surface area contributed by atoms with Crippen molar-refractivity contribution in [3.63, 3.8) is 0 Å². The quantitative estimate of drug-likeness (QED) is 0.594. The van der Waals surface area contributed by atoms with E-state index in [0.717, 1.165) is 0 Å². The highest BCUT2D eigenvalue weighted by molar-refractivity contribution is 9.10. The minimum atomic E-state index is -1.20. The Morgan fingerprint density at radius 1 is 1.44 bits per heavy atom. The van der Waals surface area contributed by atoms with Crippen molar-refractivity contribution in [1.82, 2.24) is 5.32 Å². The number of hydrogen-bond donors (Lipinski definition) is 4. The molecule has 0 aliphatic heterocycles. The summed E-state index contributed by atoms with van der Waals surface area (Å²) in [6.45, 7) is -0.324. The molecule has 0 bridgehead atoms. The van der Waals surface area contributed by atoms with E-state index in [0.29, 0.717) is 10.2 Å². The van der Waals surface area contributed by atoms with Crippen LogP contribution in [0, 0.1) is 0 Å². The summed E-state index contributed by atoms with van der Waals surface area (Å²) in [4.78, 5) is 22.7. The van der Waals surface area contributed by atoms with Gasteiger partial charge in [-0.15, -0.1) is 0 Å². The number of nitrogens with one attached hydrogen (secondary N) is 1. The van der Waals surface area contributed by atoms with Crippen LogP contribution >= 0.6 is 15.9 Å². The van der Waals surface area contributed by atoms with Gasteiger partial charge in [-0.2, -0.15) is 0 Å².